The van der Waals surface area contributed by atoms with Gasteiger partial charge in [0.25, 0.3) is 0 Å². The molecule has 0 unspecified atom stereocenters. The number of aliphatic imine (C=N–C) groups is 1. The Morgan fingerprint density at radius 2 is 2.00 bits per heavy atom. The van der Waals surface area contributed by atoms with E-state index in [-0.39, 0.29) is 6.61 Å². The maximum atomic E-state index is 8.81. The van der Waals surface area contributed by atoms with Gasteiger partial charge in [-0.05, 0) is 6.42 Å². The van der Waals surface area contributed by atoms with E-state index in [1.807, 2.05) is 0 Å². The maximum Gasteiger partial charge on any atom is 0.191 e. The molecule has 0 radical (unpaired) electrons. The Kier molecular flexibility index (Phi) is 5.42. The molecule has 0 bridgehead atoms. The molecule has 1 aliphatic heterocycles. The van der Waals surface area contributed by atoms with Crippen molar-refractivity contribution in [1.82, 2.24) is 9.80 Å². The van der Waals surface area contributed by atoms with E-state index in [1.54, 1.807) is 0 Å². The lowest BCUT2D eigenvalue weighted by Crippen LogP contribution is -2.51. The molecule has 1 aliphatic rings. The smallest absolute Gasteiger partial charge is 0.191 e. The van der Waals surface area contributed by atoms with Gasteiger partial charge < -0.3 is 15.7 Å². The molecular formula is C10H22N4O. The molecule has 5 nitrogen and oxygen atoms in total. The summed E-state index contributed by atoms with van der Waals surface area (Å²) < 4.78 is 0. The lowest BCUT2D eigenvalue weighted by Gasteiger charge is -2.34. The van der Waals surface area contributed by atoms with Gasteiger partial charge >= 0.3 is 0 Å². The van der Waals surface area contributed by atoms with Crippen LogP contribution in [0.1, 0.15) is 13.3 Å². The summed E-state index contributed by atoms with van der Waals surface area (Å²) in [5.41, 5.74) is 5.86. The molecule has 1 saturated heterocycles. The van der Waals surface area contributed by atoms with E-state index in [0.717, 1.165) is 45.7 Å². The van der Waals surface area contributed by atoms with Crippen molar-refractivity contribution in [2.45, 2.75) is 13.3 Å². The van der Waals surface area contributed by atoms with E-state index < -0.39 is 0 Å². The first-order valence-electron chi connectivity index (χ1n) is 5.66. The average molecular weight is 214 g/mol. The van der Waals surface area contributed by atoms with Crippen molar-refractivity contribution in [2.24, 2.45) is 10.7 Å². The summed E-state index contributed by atoms with van der Waals surface area (Å²) in [5.74, 6) is 0.667. The highest BCUT2D eigenvalue weighted by Crippen LogP contribution is 2.00. The molecule has 15 heavy (non-hydrogen) atoms. The van der Waals surface area contributed by atoms with E-state index in [0.29, 0.717) is 5.96 Å². The van der Waals surface area contributed by atoms with Crippen LogP contribution in [0.5, 0.6) is 0 Å². The topological polar surface area (TPSA) is 65.1 Å². The number of guanidine groups is 1. The first-order chi connectivity index (χ1) is 7.27. The molecule has 1 heterocycles. The summed E-state index contributed by atoms with van der Waals surface area (Å²) in [4.78, 5) is 8.64. The van der Waals surface area contributed by atoms with E-state index in [2.05, 4.69) is 21.7 Å². The van der Waals surface area contributed by atoms with Gasteiger partial charge in [-0.25, -0.2) is 0 Å². The summed E-state index contributed by atoms with van der Waals surface area (Å²) >= 11 is 0. The lowest BCUT2D eigenvalue weighted by atomic mass is 10.3. The summed E-state index contributed by atoms with van der Waals surface area (Å²) in [6, 6.07) is 0. The van der Waals surface area contributed by atoms with Crippen molar-refractivity contribution < 1.29 is 5.11 Å². The van der Waals surface area contributed by atoms with Crippen LogP contribution in [0.25, 0.3) is 0 Å². The molecular weight excluding hydrogens is 192 g/mol. The number of aliphatic hydroxyl groups is 1. The Hall–Kier alpha value is -0.810. The molecule has 0 atom stereocenters. The predicted molar refractivity (Wildman–Crippen MR) is 61.9 cm³/mol. The highest BCUT2D eigenvalue weighted by Gasteiger charge is 2.17. The molecule has 0 amide bonds. The fourth-order valence-electron chi connectivity index (χ4n) is 1.67. The van der Waals surface area contributed by atoms with Crippen molar-refractivity contribution in [3.05, 3.63) is 0 Å². The van der Waals surface area contributed by atoms with Gasteiger partial charge in [-0.3, -0.25) is 9.89 Å². The Morgan fingerprint density at radius 1 is 1.33 bits per heavy atom. The Balaban J connectivity index is 2.30. The molecule has 0 aromatic carbocycles. The lowest BCUT2D eigenvalue weighted by molar-refractivity contribution is 0.146. The summed E-state index contributed by atoms with van der Waals surface area (Å²) in [6.45, 7) is 7.65. The quantitative estimate of drug-likeness (QED) is 0.481. The summed E-state index contributed by atoms with van der Waals surface area (Å²) in [7, 11) is 0. The molecule has 88 valence electrons. The number of β-amino-alcohol motifs (C(OH)–C–C–N with tert-alkyl or cyclic N) is 1. The van der Waals surface area contributed by atoms with Gasteiger partial charge in [0, 0.05) is 39.3 Å². The third kappa shape index (κ3) is 4.05. The van der Waals surface area contributed by atoms with Gasteiger partial charge in [0.15, 0.2) is 5.96 Å². The Bertz CT molecular complexity index is 200. The number of piperazine rings is 1. The van der Waals surface area contributed by atoms with Crippen molar-refractivity contribution in [3.8, 4) is 0 Å². The third-order valence-electron chi connectivity index (χ3n) is 2.61. The van der Waals surface area contributed by atoms with Crippen LogP contribution < -0.4 is 5.73 Å². The van der Waals surface area contributed by atoms with Gasteiger partial charge in [-0.2, -0.15) is 0 Å². The molecule has 0 aliphatic carbocycles. The Labute approximate surface area is 91.6 Å². The zero-order chi connectivity index (χ0) is 11.1. The molecule has 3 N–H and O–H groups in total. The summed E-state index contributed by atoms with van der Waals surface area (Å²) in [5, 5.41) is 8.81. The van der Waals surface area contributed by atoms with Crippen molar-refractivity contribution in [3.63, 3.8) is 0 Å². The van der Waals surface area contributed by atoms with Gasteiger partial charge in [-0.15, -0.1) is 0 Å². The largest absolute Gasteiger partial charge is 0.395 e. The van der Waals surface area contributed by atoms with Crippen LogP contribution in [0.3, 0.4) is 0 Å². The van der Waals surface area contributed by atoms with Crippen molar-refractivity contribution in [2.75, 3.05) is 45.9 Å². The minimum Gasteiger partial charge on any atom is -0.395 e. The first kappa shape index (κ1) is 12.3. The second kappa shape index (κ2) is 6.63. The molecule has 0 saturated carbocycles. The molecule has 5 heteroatoms. The van der Waals surface area contributed by atoms with Gasteiger partial charge in [0.05, 0.1) is 6.61 Å². The predicted octanol–water partition coefficient (Wildman–Crippen LogP) is -0.679. The molecule has 0 aromatic heterocycles. The highest BCUT2D eigenvalue weighted by atomic mass is 16.3. The Morgan fingerprint density at radius 3 is 2.53 bits per heavy atom. The molecule has 0 aromatic rings. The van der Waals surface area contributed by atoms with Crippen LogP contribution >= 0.6 is 0 Å². The van der Waals surface area contributed by atoms with Crippen LogP contribution in [0.4, 0.5) is 0 Å². The van der Waals surface area contributed by atoms with Gasteiger partial charge in [0.1, 0.15) is 0 Å². The van der Waals surface area contributed by atoms with E-state index in [1.165, 1.54) is 0 Å². The van der Waals surface area contributed by atoms with Crippen LogP contribution in [-0.2, 0) is 0 Å². The van der Waals surface area contributed by atoms with Crippen LogP contribution in [-0.4, -0.2) is 66.7 Å². The highest BCUT2D eigenvalue weighted by molar-refractivity contribution is 5.78. The molecule has 1 rings (SSSR count). The number of hydrogen-bond acceptors (Lipinski definition) is 3. The standard InChI is InChI=1S/C10H22N4O/c1-2-3-12-10(11)14-6-4-13(5-7-14)8-9-15/h15H,2-9H2,1H3,(H2,11,12). The van der Waals surface area contributed by atoms with E-state index >= 15 is 0 Å². The third-order valence-corrected chi connectivity index (χ3v) is 2.61. The zero-order valence-electron chi connectivity index (χ0n) is 9.52. The van der Waals surface area contributed by atoms with E-state index in [4.69, 9.17) is 10.8 Å². The zero-order valence-corrected chi connectivity index (χ0v) is 9.52. The fraction of sp³-hybridized carbons (Fsp3) is 0.900. The van der Waals surface area contributed by atoms with Crippen molar-refractivity contribution in [1.29, 1.82) is 0 Å². The average Bonchev–Trinajstić information content (AvgIpc) is 2.27. The molecule has 0 spiro atoms. The number of nitrogens with zero attached hydrogens (tertiary/aromatic N) is 3. The second-order valence-corrected chi connectivity index (χ2v) is 3.79. The number of aliphatic hydroxyl groups excluding tert-OH is 1. The number of hydrogen-bond donors (Lipinski definition) is 2. The number of rotatable bonds is 4. The van der Waals surface area contributed by atoms with Crippen LogP contribution in [0, 0.1) is 0 Å². The monoisotopic (exact) mass is 214 g/mol. The second-order valence-electron chi connectivity index (χ2n) is 3.79. The minimum absolute atomic E-state index is 0.236. The normalized spacial score (nSPS) is 19.6. The van der Waals surface area contributed by atoms with Crippen LogP contribution in [0.2, 0.25) is 0 Å². The number of nitrogens with two attached hydrogens (primary N) is 1. The van der Waals surface area contributed by atoms with E-state index in [9.17, 15) is 0 Å². The first-order valence-corrected chi connectivity index (χ1v) is 5.66. The SMILES string of the molecule is CCCN=C(N)N1CCN(CCO)CC1. The van der Waals surface area contributed by atoms with Gasteiger partial charge in [-0.1, -0.05) is 6.92 Å². The fourth-order valence-corrected chi connectivity index (χ4v) is 1.67. The van der Waals surface area contributed by atoms with Gasteiger partial charge in [0.2, 0.25) is 0 Å². The van der Waals surface area contributed by atoms with Crippen LogP contribution in [0.15, 0.2) is 4.99 Å². The summed E-state index contributed by atoms with van der Waals surface area (Å²) in [6.07, 6.45) is 1.03. The van der Waals surface area contributed by atoms with Crippen molar-refractivity contribution >= 4 is 5.96 Å². The molecule has 1 fully saturated rings. The minimum atomic E-state index is 0.236. The maximum absolute atomic E-state index is 8.81.